The van der Waals surface area contributed by atoms with Crippen molar-refractivity contribution in [1.29, 1.82) is 0 Å². The Bertz CT molecular complexity index is 1070. The van der Waals surface area contributed by atoms with Gasteiger partial charge in [0, 0.05) is 36.0 Å². The second kappa shape index (κ2) is 7.61. The van der Waals surface area contributed by atoms with Gasteiger partial charge < -0.3 is 5.32 Å². The summed E-state index contributed by atoms with van der Waals surface area (Å²) in [6.45, 7) is 1.95. The Morgan fingerprint density at radius 1 is 1.03 bits per heavy atom. The molecule has 0 unspecified atom stereocenters. The third-order valence-corrected chi connectivity index (χ3v) is 6.49. The van der Waals surface area contributed by atoms with E-state index in [-0.39, 0.29) is 11.6 Å². The van der Waals surface area contributed by atoms with Crippen LogP contribution >= 0.6 is 0 Å². The summed E-state index contributed by atoms with van der Waals surface area (Å²) in [6, 6.07) is 4.41. The number of pyridine rings is 1. The second-order valence-corrected chi connectivity index (χ2v) is 8.50. The fourth-order valence-electron chi connectivity index (χ4n) is 4.92. The van der Waals surface area contributed by atoms with Crippen molar-refractivity contribution in [2.75, 3.05) is 5.32 Å². The second-order valence-electron chi connectivity index (χ2n) is 8.50. The summed E-state index contributed by atoms with van der Waals surface area (Å²) >= 11 is 0. The normalized spacial score (nSPS) is 18.5. The molecule has 0 saturated heterocycles. The summed E-state index contributed by atoms with van der Waals surface area (Å²) in [5, 5.41) is 8.88. The monoisotopic (exact) mass is 392 g/mol. The Morgan fingerprint density at radius 2 is 1.76 bits per heavy atom. The minimum atomic E-state index is 0.0353. The van der Waals surface area contributed by atoms with E-state index < -0.39 is 0 Å². The molecule has 0 amide bonds. The Hall–Kier alpha value is -2.70. The number of anilines is 2. The molecule has 0 aromatic carbocycles. The third-order valence-electron chi connectivity index (χ3n) is 6.49. The average molecular weight is 393 g/mol. The first kappa shape index (κ1) is 18.3. The van der Waals surface area contributed by atoms with Gasteiger partial charge in [-0.1, -0.05) is 32.1 Å². The lowest BCUT2D eigenvalue weighted by Crippen LogP contribution is -2.24. The first-order valence-electron chi connectivity index (χ1n) is 10.9. The van der Waals surface area contributed by atoms with Crippen LogP contribution in [-0.2, 0) is 0 Å². The zero-order valence-electron chi connectivity index (χ0n) is 17.0. The lowest BCUT2D eigenvalue weighted by Gasteiger charge is -2.21. The molecular weight excluding hydrogens is 364 g/mol. The van der Waals surface area contributed by atoms with Gasteiger partial charge >= 0.3 is 0 Å². The molecule has 0 atom stereocenters. The molecule has 152 valence electrons. The van der Waals surface area contributed by atoms with Crippen molar-refractivity contribution in [2.24, 2.45) is 0 Å². The smallest absolute Gasteiger partial charge is 0.252 e. The molecule has 3 aromatic rings. The number of aromatic nitrogens is 5. The van der Waals surface area contributed by atoms with E-state index in [9.17, 15) is 4.79 Å². The van der Waals surface area contributed by atoms with Gasteiger partial charge in [0.2, 0.25) is 5.95 Å². The Labute approximate surface area is 170 Å². The van der Waals surface area contributed by atoms with Crippen LogP contribution in [0.15, 0.2) is 29.3 Å². The molecule has 5 rings (SSSR count). The van der Waals surface area contributed by atoms with Gasteiger partial charge in [-0.3, -0.25) is 14.0 Å². The molecule has 1 N–H and O–H groups in total. The maximum Gasteiger partial charge on any atom is 0.252 e. The predicted octanol–water partition coefficient (Wildman–Crippen LogP) is 4.66. The van der Waals surface area contributed by atoms with E-state index in [1.807, 2.05) is 30.0 Å². The molecule has 3 heterocycles. The van der Waals surface area contributed by atoms with Crippen LogP contribution in [0.3, 0.4) is 0 Å². The van der Waals surface area contributed by atoms with Gasteiger partial charge in [0.05, 0.1) is 6.04 Å². The lowest BCUT2D eigenvalue weighted by atomic mass is 9.96. The average Bonchev–Trinajstić information content (AvgIpc) is 3.41. The summed E-state index contributed by atoms with van der Waals surface area (Å²) in [5.74, 6) is 1.24. The molecule has 2 fully saturated rings. The van der Waals surface area contributed by atoms with Crippen molar-refractivity contribution in [2.45, 2.75) is 76.8 Å². The van der Waals surface area contributed by atoms with Crippen LogP contribution in [0.1, 0.15) is 75.4 Å². The van der Waals surface area contributed by atoms with E-state index in [1.165, 1.54) is 44.9 Å². The minimum absolute atomic E-state index is 0.0353. The van der Waals surface area contributed by atoms with Crippen molar-refractivity contribution in [3.05, 3.63) is 40.4 Å². The quantitative estimate of drug-likeness (QED) is 0.699. The zero-order chi connectivity index (χ0) is 19.8. The molecule has 2 aliphatic carbocycles. The number of hydrogen-bond donors (Lipinski definition) is 1. The van der Waals surface area contributed by atoms with Crippen molar-refractivity contribution < 1.29 is 0 Å². The summed E-state index contributed by atoms with van der Waals surface area (Å²) in [7, 11) is 0. The maximum absolute atomic E-state index is 12.8. The van der Waals surface area contributed by atoms with Crippen molar-refractivity contribution in [1.82, 2.24) is 24.3 Å². The van der Waals surface area contributed by atoms with Crippen LogP contribution in [0.25, 0.3) is 11.0 Å². The highest BCUT2D eigenvalue weighted by atomic mass is 16.1. The summed E-state index contributed by atoms with van der Waals surface area (Å²) in [6.07, 6.45) is 14.5. The Balaban J connectivity index is 1.47. The van der Waals surface area contributed by atoms with Crippen LogP contribution in [0.2, 0.25) is 0 Å². The van der Waals surface area contributed by atoms with Gasteiger partial charge in [-0.25, -0.2) is 4.98 Å². The highest BCUT2D eigenvalue weighted by Gasteiger charge is 2.22. The topological polar surface area (TPSA) is 77.6 Å². The van der Waals surface area contributed by atoms with E-state index in [4.69, 9.17) is 10.1 Å². The van der Waals surface area contributed by atoms with Crippen molar-refractivity contribution >= 4 is 22.8 Å². The van der Waals surface area contributed by atoms with E-state index >= 15 is 0 Å². The first-order valence-corrected chi connectivity index (χ1v) is 10.9. The Kier molecular flexibility index (Phi) is 4.81. The van der Waals surface area contributed by atoms with Gasteiger partial charge in [0.25, 0.3) is 5.56 Å². The molecule has 0 radical (unpaired) electrons. The molecule has 3 aromatic heterocycles. The fourth-order valence-corrected chi connectivity index (χ4v) is 4.92. The maximum atomic E-state index is 12.8. The standard InChI is InChI=1S/C22H28N6O/c1-15-13-20(29)28(17-9-5-6-10-17)21-18(15)14-23-22(25-21)24-19-11-12-27(26-19)16-7-3-2-4-8-16/h11-14,16-17H,2-10H2,1H3,(H,23,24,25,26). The first-order chi connectivity index (χ1) is 14.2. The summed E-state index contributed by atoms with van der Waals surface area (Å²) < 4.78 is 3.95. The van der Waals surface area contributed by atoms with Gasteiger partial charge in [-0.2, -0.15) is 10.1 Å². The number of fused-ring (bicyclic) bond motifs is 1. The van der Waals surface area contributed by atoms with E-state index in [0.29, 0.717) is 12.0 Å². The molecule has 0 bridgehead atoms. The predicted molar refractivity (Wildman–Crippen MR) is 114 cm³/mol. The van der Waals surface area contributed by atoms with Crippen LogP contribution in [0.5, 0.6) is 0 Å². The number of nitrogens with one attached hydrogen (secondary N) is 1. The third kappa shape index (κ3) is 3.54. The lowest BCUT2D eigenvalue weighted by molar-refractivity contribution is 0.330. The van der Waals surface area contributed by atoms with Gasteiger partial charge in [-0.15, -0.1) is 0 Å². The minimum Gasteiger partial charge on any atom is -0.307 e. The largest absolute Gasteiger partial charge is 0.307 e. The van der Waals surface area contributed by atoms with E-state index in [0.717, 1.165) is 35.3 Å². The molecule has 2 aliphatic rings. The summed E-state index contributed by atoms with van der Waals surface area (Å²) in [5.41, 5.74) is 1.69. The number of aryl methyl sites for hydroxylation is 1. The van der Waals surface area contributed by atoms with E-state index in [2.05, 4.69) is 15.0 Å². The molecule has 0 spiro atoms. The molecule has 2 saturated carbocycles. The van der Waals surface area contributed by atoms with Crippen LogP contribution in [0.4, 0.5) is 11.8 Å². The van der Waals surface area contributed by atoms with Crippen molar-refractivity contribution in [3.63, 3.8) is 0 Å². The van der Waals surface area contributed by atoms with Gasteiger partial charge in [0.15, 0.2) is 5.82 Å². The Morgan fingerprint density at radius 3 is 2.55 bits per heavy atom. The number of nitrogens with zero attached hydrogens (tertiary/aromatic N) is 5. The molecular formula is C22H28N6O. The van der Waals surface area contributed by atoms with Crippen LogP contribution < -0.4 is 10.9 Å². The van der Waals surface area contributed by atoms with E-state index in [1.54, 1.807) is 6.07 Å². The highest BCUT2D eigenvalue weighted by Crippen LogP contribution is 2.31. The van der Waals surface area contributed by atoms with Crippen LogP contribution in [0, 0.1) is 6.92 Å². The highest BCUT2D eigenvalue weighted by molar-refractivity contribution is 5.79. The molecule has 0 aliphatic heterocycles. The fraction of sp³-hybridized carbons (Fsp3) is 0.545. The molecule has 29 heavy (non-hydrogen) atoms. The number of hydrogen-bond acceptors (Lipinski definition) is 5. The van der Waals surface area contributed by atoms with Crippen LogP contribution in [-0.4, -0.2) is 24.3 Å². The number of rotatable bonds is 4. The molecule has 7 nitrogen and oxygen atoms in total. The van der Waals surface area contributed by atoms with Gasteiger partial charge in [-0.05, 0) is 38.2 Å². The zero-order valence-corrected chi connectivity index (χ0v) is 17.0. The van der Waals surface area contributed by atoms with Crippen molar-refractivity contribution in [3.8, 4) is 0 Å². The SMILES string of the molecule is Cc1cc(=O)n(C2CCCC2)c2nc(Nc3ccn(C4CCCCC4)n3)ncc12. The summed E-state index contributed by atoms with van der Waals surface area (Å²) in [4.78, 5) is 22.0. The molecule has 7 heteroatoms. The van der Waals surface area contributed by atoms with Gasteiger partial charge in [0.1, 0.15) is 5.65 Å².